The van der Waals surface area contributed by atoms with Gasteiger partial charge in [0.25, 0.3) is 5.24 Å². The Labute approximate surface area is 188 Å². The number of aromatic nitrogens is 2. The van der Waals surface area contributed by atoms with E-state index in [0.717, 1.165) is 11.8 Å². The third-order valence-corrected chi connectivity index (χ3v) is 6.19. The van der Waals surface area contributed by atoms with Crippen LogP contribution in [-0.4, -0.2) is 89.0 Å². The molecular weight excluding hydrogens is 439 g/mol. The minimum Gasteiger partial charge on any atom is -0.423 e. The van der Waals surface area contributed by atoms with Crippen molar-refractivity contribution in [2.24, 2.45) is 0 Å². The molecule has 0 spiro atoms. The van der Waals surface area contributed by atoms with Gasteiger partial charge in [0.1, 0.15) is 12.1 Å². The number of carbonyl (C=O) groups is 3. The number of carbonyl (C=O) groups excluding carboxylic acids is 3. The van der Waals surface area contributed by atoms with Crippen LogP contribution in [0.25, 0.3) is 0 Å². The average molecular weight is 463 g/mol. The molecule has 3 amide bonds. The van der Waals surface area contributed by atoms with Crippen LogP contribution in [0.4, 0.5) is 30.1 Å². The predicted octanol–water partition coefficient (Wildman–Crippen LogP) is 2.51. The Morgan fingerprint density at radius 3 is 2.62 bits per heavy atom. The first-order valence-electron chi connectivity index (χ1n) is 9.99. The lowest BCUT2D eigenvalue weighted by Crippen LogP contribution is -2.50. The molecule has 0 bridgehead atoms. The van der Waals surface area contributed by atoms with Gasteiger partial charge in [-0.2, -0.15) is 0 Å². The summed E-state index contributed by atoms with van der Waals surface area (Å²) in [5, 5.41) is -0.225. The van der Waals surface area contributed by atoms with E-state index in [9.17, 15) is 18.8 Å². The topological polar surface area (TPSA) is 91.2 Å². The summed E-state index contributed by atoms with van der Waals surface area (Å²) in [5.41, 5.74) is 0.764. The van der Waals surface area contributed by atoms with Gasteiger partial charge in [0, 0.05) is 45.6 Å². The number of ether oxygens (including phenoxy) is 1. The number of nitrogens with zero attached hydrogens (tertiary/aromatic N) is 6. The molecule has 1 aromatic carbocycles. The number of thioether (sulfide) groups is 1. The Morgan fingerprint density at radius 2 is 2.00 bits per heavy atom. The first kappa shape index (κ1) is 21.9. The molecule has 1 atom stereocenters. The second-order valence-electron chi connectivity index (χ2n) is 7.39. The number of rotatable bonds is 3. The first-order chi connectivity index (χ1) is 15.4. The van der Waals surface area contributed by atoms with Crippen molar-refractivity contribution in [3.8, 4) is 0 Å². The Morgan fingerprint density at radius 1 is 1.25 bits per heavy atom. The highest BCUT2D eigenvalue weighted by Gasteiger charge is 2.37. The SMILES string of the molecule is CSC(=O)N(C)C1CN(c2ccc(N3CCN(C(=O)n4ccnc4)CC3)c(F)c2)C(=O)O1. The molecule has 1 aromatic heterocycles. The Hall–Kier alpha value is -3.28. The van der Waals surface area contributed by atoms with Crippen LogP contribution < -0.4 is 9.80 Å². The lowest BCUT2D eigenvalue weighted by molar-refractivity contribution is 0.0669. The minimum absolute atomic E-state index is 0.120. The Bertz CT molecular complexity index is 1010. The van der Waals surface area contributed by atoms with Gasteiger partial charge in [-0.3, -0.25) is 19.2 Å². The van der Waals surface area contributed by atoms with Crippen LogP contribution in [0.1, 0.15) is 0 Å². The fourth-order valence-corrected chi connectivity index (χ4v) is 4.12. The van der Waals surface area contributed by atoms with E-state index in [0.29, 0.717) is 37.6 Å². The maximum Gasteiger partial charge on any atom is 0.416 e. The molecule has 0 radical (unpaired) electrons. The molecule has 2 saturated heterocycles. The van der Waals surface area contributed by atoms with E-state index in [2.05, 4.69) is 4.98 Å². The van der Waals surface area contributed by atoms with Crippen molar-refractivity contribution in [2.45, 2.75) is 6.23 Å². The molecule has 1 unspecified atom stereocenters. The van der Waals surface area contributed by atoms with Crippen LogP contribution in [0, 0.1) is 5.82 Å². The zero-order chi connectivity index (χ0) is 22.8. The normalized spacial score (nSPS) is 18.7. The van der Waals surface area contributed by atoms with Crippen LogP contribution in [0.2, 0.25) is 0 Å². The number of benzene rings is 1. The predicted molar refractivity (Wildman–Crippen MR) is 117 cm³/mol. The molecule has 2 aliphatic heterocycles. The fraction of sp³-hybridized carbons (Fsp3) is 0.400. The van der Waals surface area contributed by atoms with Gasteiger partial charge in [-0.25, -0.2) is 19.0 Å². The highest BCUT2D eigenvalue weighted by atomic mass is 32.2. The maximum atomic E-state index is 15.0. The number of piperazine rings is 1. The van der Waals surface area contributed by atoms with Gasteiger partial charge in [0.15, 0.2) is 6.23 Å². The number of imidazole rings is 1. The Balaban J connectivity index is 1.40. The van der Waals surface area contributed by atoms with Gasteiger partial charge < -0.3 is 14.5 Å². The highest BCUT2D eigenvalue weighted by Crippen LogP contribution is 2.29. The molecule has 2 aromatic rings. The van der Waals surface area contributed by atoms with Crippen molar-refractivity contribution in [1.82, 2.24) is 19.4 Å². The molecule has 12 heteroatoms. The number of halogens is 1. The third kappa shape index (κ3) is 4.22. The van der Waals surface area contributed by atoms with E-state index in [1.165, 1.54) is 26.8 Å². The summed E-state index contributed by atoms with van der Waals surface area (Å²) in [4.78, 5) is 46.6. The summed E-state index contributed by atoms with van der Waals surface area (Å²) in [6, 6.07) is 4.40. The van der Waals surface area contributed by atoms with Gasteiger partial charge in [-0.15, -0.1) is 0 Å². The molecule has 32 heavy (non-hydrogen) atoms. The molecule has 170 valence electrons. The molecule has 4 rings (SSSR count). The zero-order valence-corrected chi connectivity index (χ0v) is 18.5. The van der Waals surface area contributed by atoms with Crippen molar-refractivity contribution in [3.63, 3.8) is 0 Å². The standard InChI is InChI=1S/C20H23FN6O4S/c1-23(20(30)32-2)17-12-27(19(29)31-17)14-3-4-16(15(21)11-14)24-7-9-25(10-8-24)18(28)26-6-5-22-13-26/h3-6,11,13,17H,7-10,12H2,1-2H3. The molecule has 10 nitrogen and oxygen atoms in total. The van der Waals surface area contributed by atoms with Crippen molar-refractivity contribution in [3.05, 3.63) is 42.7 Å². The van der Waals surface area contributed by atoms with Gasteiger partial charge >= 0.3 is 12.1 Å². The number of hydrogen-bond acceptors (Lipinski definition) is 7. The van der Waals surface area contributed by atoms with Gasteiger partial charge in [-0.05, 0) is 24.5 Å². The quantitative estimate of drug-likeness (QED) is 0.692. The smallest absolute Gasteiger partial charge is 0.416 e. The third-order valence-electron chi connectivity index (χ3n) is 5.55. The number of likely N-dealkylation sites (N-methyl/N-ethyl adjacent to an activating group) is 1. The van der Waals surface area contributed by atoms with Crippen molar-refractivity contribution >= 4 is 40.5 Å². The number of amides is 3. The summed E-state index contributed by atoms with van der Waals surface area (Å²) in [6.07, 6.45) is 4.88. The zero-order valence-electron chi connectivity index (χ0n) is 17.7. The largest absolute Gasteiger partial charge is 0.423 e. The summed E-state index contributed by atoms with van der Waals surface area (Å²) in [6.45, 7) is 1.98. The van der Waals surface area contributed by atoms with E-state index < -0.39 is 18.1 Å². The summed E-state index contributed by atoms with van der Waals surface area (Å²) >= 11 is 1.02. The maximum absolute atomic E-state index is 15.0. The van der Waals surface area contributed by atoms with Gasteiger partial charge in [-0.1, -0.05) is 11.8 Å². The van der Waals surface area contributed by atoms with Gasteiger partial charge in [0.05, 0.1) is 17.9 Å². The number of anilines is 2. The molecule has 2 fully saturated rings. The molecule has 3 heterocycles. The van der Waals surface area contributed by atoms with E-state index in [-0.39, 0.29) is 17.8 Å². The van der Waals surface area contributed by atoms with Crippen LogP contribution >= 0.6 is 11.8 Å². The van der Waals surface area contributed by atoms with Crippen molar-refractivity contribution in [2.75, 3.05) is 55.8 Å². The molecule has 0 N–H and O–H groups in total. The van der Waals surface area contributed by atoms with E-state index in [1.54, 1.807) is 42.7 Å². The van der Waals surface area contributed by atoms with E-state index in [1.807, 2.05) is 4.90 Å². The number of cyclic esters (lactones) is 1. The molecular formula is C20H23FN6O4S. The lowest BCUT2D eigenvalue weighted by Gasteiger charge is -2.36. The van der Waals surface area contributed by atoms with Gasteiger partial charge in [0.2, 0.25) is 0 Å². The molecule has 0 aliphatic carbocycles. The lowest BCUT2D eigenvalue weighted by atomic mass is 10.2. The van der Waals surface area contributed by atoms with E-state index in [4.69, 9.17) is 4.74 Å². The van der Waals surface area contributed by atoms with Crippen LogP contribution in [0.3, 0.4) is 0 Å². The molecule has 0 saturated carbocycles. The Kier molecular flexibility index (Phi) is 6.21. The van der Waals surface area contributed by atoms with E-state index >= 15 is 0 Å². The summed E-state index contributed by atoms with van der Waals surface area (Å²) in [7, 11) is 1.56. The molecule has 2 aliphatic rings. The number of hydrogen-bond donors (Lipinski definition) is 0. The summed E-state index contributed by atoms with van der Waals surface area (Å²) in [5.74, 6) is -0.471. The van der Waals surface area contributed by atoms with Crippen LogP contribution in [0.5, 0.6) is 0 Å². The second-order valence-corrected chi connectivity index (χ2v) is 8.15. The van der Waals surface area contributed by atoms with Crippen LogP contribution in [0.15, 0.2) is 36.9 Å². The van der Waals surface area contributed by atoms with Crippen molar-refractivity contribution in [1.29, 1.82) is 0 Å². The fourth-order valence-electron chi connectivity index (χ4n) is 3.72. The average Bonchev–Trinajstić information content (AvgIpc) is 3.48. The highest BCUT2D eigenvalue weighted by molar-refractivity contribution is 8.12. The second kappa shape index (κ2) is 9.07. The van der Waals surface area contributed by atoms with Crippen molar-refractivity contribution < 1.29 is 23.5 Å². The monoisotopic (exact) mass is 462 g/mol. The van der Waals surface area contributed by atoms with Crippen LogP contribution in [-0.2, 0) is 4.74 Å². The first-order valence-corrected chi connectivity index (χ1v) is 11.2. The summed E-state index contributed by atoms with van der Waals surface area (Å²) < 4.78 is 21.6. The minimum atomic E-state index is -0.730.